The van der Waals surface area contributed by atoms with Gasteiger partial charge in [-0.1, -0.05) is 19.9 Å². The number of hydrogen-bond donors (Lipinski definition) is 1. The minimum atomic E-state index is -0.264. The third kappa shape index (κ3) is 2.88. The normalized spacial score (nSPS) is 10.9. The van der Waals surface area contributed by atoms with Crippen LogP contribution in [0.2, 0.25) is 0 Å². The van der Waals surface area contributed by atoms with Gasteiger partial charge in [-0.2, -0.15) is 0 Å². The van der Waals surface area contributed by atoms with Gasteiger partial charge in [0.2, 0.25) is 5.95 Å². The van der Waals surface area contributed by atoms with Crippen LogP contribution in [0.1, 0.15) is 19.4 Å². The fourth-order valence-electron chi connectivity index (χ4n) is 1.83. The molecule has 0 spiro atoms. The van der Waals surface area contributed by atoms with Gasteiger partial charge in [-0.25, -0.2) is 9.37 Å². The Hall–Kier alpha value is -1.84. The number of benzene rings is 1. The van der Waals surface area contributed by atoms with Crippen LogP contribution in [0.5, 0.6) is 0 Å². The van der Waals surface area contributed by atoms with Crippen LogP contribution in [0.3, 0.4) is 0 Å². The number of rotatable bonds is 4. The van der Waals surface area contributed by atoms with Crippen molar-refractivity contribution in [2.75, 3.05) is 5.32 Å². The summed E-state index contributed by atoms with van der Waals surface area (Å²) in [4.78, 5) is 4.22. The summed E-state index contributed by atoms with van der Waals surface area (Å²) in [7, 11) is 0. The van der Waals surface area contributed by atoms with Crippen molar-refractivity contribution < 1.29 is 4.39 Å². The highest BCUT2D eigenvalue weighted by Gasteiger charge is 2.08. The monoisotopic (exact) mass is 247 g/mol. The lowest BCUT2D eigenvalue weighted by molar-refractivity contribution is 0.527. The first kappa shape index (κ1) is 12.6. The molecule has 0 radical (unpaired) electrons. The van der Waals surface area contributed by atoms with Crippen LogP contribution in [-0.4, -0.2) is 9.55 Å². The Bertz CT molecular complexity index is 532. The first-order valence-electron chi connectivity index (χ1n) is 6.10. The van der Waals surface area contributed by atoms with Gasteiger partial charge < -0.3 is 9.88 Å². The first-order valence-corrected chi connectivity index (χ1v) is 6.10. The van der Waals surface area contributed by atoms with E-state index in [4.69, 9.17) is 0 Å². The molecule has 1 aromatic heterocycles. The van der Waals surface area contributed by atoms with Crippen molar-refractivity contribution in [2.24, 2.45) is 5.92 Å². The van der Waals surface area contributed by atoms with Gasteiger partial charge in [0, 0.05) is 18.9 Å². The lowest BCUT2D eigenvalue weighted by Gasteiger charge is -2.12. The van der Waals surface area contributed by atoms with Crippen molar-refractivity contribution in [3.05, 3.63) is 42.0 Å². The molecule has 3 nitrogen and oxygen atoms in total. The van der Waals surface area contributed by atoms with Crippen LogP contribution in [-0.2, 0) is 6.54 Å². The summed E-state index contributed by atoms with van der Waals surface area (Å²) in [5.41, 5.74) is 1.48. The molecule has 18 heavy (non-hydrogen) atoms. The SMILES string of the molecule is Cc1ccc(F)c(Nc2nccn2CC(C)C)c1. The number of aromatic nitrogens is 2. The molecule has 4 heteroatoms. The minimum absolute atomic E-state index is 0.264. The van der Waals surface area contributed by atoms with E-state index in [-0.39, 0.29) is 5.82 Å². The Labute approximate surface area is 107 Å². The van der Waals surface area contributed by atoms with E-state index in [9.17, 15) is 4.39 Å². The molecule has 0 saturated carbocycles. The summed E-state index contributed by atoms with van der Waals surface area (Å²) < 4.78 is 15.6. The average Bonchev–Trinajstić information content (AvgIpc) is 2.70. The fourth-order valence-corrected chi connectivity index (χ4v) is 1.83. The molecular formula is C14H18FN3. The number of nitrogens with one attached hydrogen (secondary N) is 1. The van der Waals surface area contributed by atoms with E-state index in [0.717, 1.165) is 12.1 Å². The molecule has 0 fully saturated rings. The molecule has 2 rings (SSSR count). The van der Waals surface area contributed by atoms with Crippen LogP contribution < -0.4 is 5.32 Å². The summed E-state index contributed by atoms with van der Waals surface area (Å²) in [6, 6.07) is 5.00. The van der Waals surface area contributed by atoms with Gasteiger partial charge in [-0.05, 0) is 30.5 Å². The third-order valence-electron chi connectivity index (χ3n) is 2.65. The van der Waals surface area contributed by atoms with Gasteiger partial charge in [0.15, 0.2) is 0 Å². The molecule has 96 valence electrons. The van der Waals surface area contributed by atoms with E-state index < -0.39 is 0 Å². The molecule has 1 aromatic carbocycles. The Kier molecular flexibility index (Phi) is 3.65. The van der Waals surface area contributed by atoms with Crippen LogP contribution in [0.25, 0.3) is 0 Å². The van der Waals surface area contributed by atoms with E-state index in [1.165, 1.54) is 6.07 Å². The van der Waals surface area contributed by atoms with Crippen LogP contribution in [0.15, 0.2) is 30.6 Å². The van der Waals surface area contributed by atoms with E-state index >= 15 is 0 Å². The average molecular weight is 247 g/mol. The number of halogens is 1. The maximum Gasteiger partial charge on any atom is 0.207 e. The van der Waals surface area contributed by atoms with Crippen LogP contribution in [0.4, 0.5) is 16.0 Å². The largest absolute Gasteiger partial charge is 0.323 e. The summed E-state index contributed by atoms with van der Waals surface area (Å²) in [6.07, 6.45) is 3.62. The molecular weight excluding hydrogens is 229 g/mol. The van der Waals surface area contributed by atoms with Crippen molar-refractivity contribution >= 4 is 11.6 Å². The van der Waals surface area contributed by atoms with E-state index in [1.54, 1.807) is 18.3 Å². The number of hydrogen-bond acceptors (Lipinski definition) is 2. The topological polar surface area (TPSA) is 29.9 Å². The van der Waals surface area contributed by atoms with Crippen molar-refractivity contribution in [3.8, 4) is 0 Å². The molecule has 0 bridgehead atoms. The summed E-state index contributed by atoms with van der Waals surface area (Å²) in [6.45, 7) is 7.06. The molecule has 0 aliphatic rings. The van der Waals surface area contributed by atoms with Gasteiger partial charge in [0.25, 0.3) is 0 Å². The highest BCUT2D eigenvalue weighted by molar-refractivity contribution is 5.55. The van der Waals surface area contributed by atoms with Gasteiger partial charge in [0.1, 0.15) is 5.82 Å². The molecule has 0 amide bonds. The Morgan fingerprint density at radius 2 is 2.17 bits per heavy atom. The molecule has 0 unspecified atom stereocenters. The Morgan fingerprint density at radius 3 is 2.89 bits per heavy atom. The second-order valence-corrected chi connectivity index (χ2v) is 4.91. The summed E-state index contributed by atoms with van der Waals surface area (Å²) >= 11 is 0. The van der Waals surface area contributed by atoms with Gasteiger partial charge >= 0.3 is 0 Å². The molecule has 0 aliphatic heterocycles. The van der Waals surface area contributed by atoms with Gasteiger partial charge in [-0.15, -0.1) is 0 Å². The van der Waals surface area contributed by atoms with Crippen molar-refractivity contribution in [3.63, 3.8) is 0 Å². The third-order valence-corrected chi connectivity index (χ3v) is 2.65. The zero-order valence-electron chi connectivity index (χ0n) is 10.9. The molecule has 0 saturated heterocycles. The predicted octanol–water partition coefficient (Wildman–Crippen LogP) is 3.73. The van der Waals surface area contributed by atoms with Gasteiger partial charge in [-0.3, -0.25) is 0 Å². The van der Waals surface area contributed by atoms with Crippen LogP contribution in [0, 0.1) is 18.7 Å². The highest BCUT2D eigenvalue weighted by Crippen LogP contribution is 2.20. The number of nitrogens with zero attached hydrogens (tertiary/aromatic N) is 2. The maximum absolute atomic E-state index is 13.7. The summed E-state index contributed by atoms with van der Waals surface area (Å²) in [5, 5.41) is 3.04. The number of aryl methyl sites for hydroxylation is 1. The first-order chi connectivity index (χ1) is 8.56. The standard InChI is InChI=1S/C14H18FN3/c1-10(2)9-18-7-6-16-14(18)17-13-8-11(3)4-5-12(13)15/h4-8,10H,9H2,1-3H3,(H,16,17). The van der Waals surface area contributed by atoms with Crippen molar-refractivity contribution in [1.82, 2.24) is 9.55 Å². The minimum Gasteiger partial charge on any atom is -0.323 e. The second kappa shape index (κ2) is 5.21. The smallest absolute Gasteiger partial charge is 0.207 e. The number of anilines is 2. The molecule has 0 aliphatic carbocycles. The Balaban J connectivity index is 2.23. The summed E-state index contributed by atoms with van der Waals surface area (Å²) in [5.74, 6) is 0.926. The van der Waals surface area contributed by atoms with E-state index in [0.29, 0.717) is 17.6 Å². The molecule has 2 aromatic rings. The maximum atomic E-state index is 13.7. The van der Waals surface area contributed by atoms with Gasteiger partial charge in [0.05, 0.1) is 5.69 Å². The zero-order chi connectivity index (χ0) is 13.1. The zero-order valence-corrected chi connectivity index (χ0v) is 10.9. The highest BCUT2D eigenvalue weighted by atomic mass is 19.1. The quantitative estimate of drug-likeness (QED) is 0.892. The predicted molar refractivity (Wildman–Crippen MR) is 71.5 cm³/mol. The number of imidazole rings is 1. The second-order valence-electron chi connectivity index (χ2n) is 4.91. The van der Waals surface area contributed by atoms with Crippen LogP contribution >= 0.6 is 0 Å². The molecule has 1 heterocycles. The van der Waals surface area contributed by atoms with E-state index in [2.05, 4.69) is 24.1 Å². The lowest BCUT2D eigenvalue weighted by Crippen LogP contribution is -2.08. The molecule has 1 N–H and O–H groups in total. The fraction of sp³-hybridized carbons (Fsp3) is 0.357. The molecule has 0 atom stereocenters. The van der Waals surface area contributed by atoms with E-state index in [1.807, 2.05) is 17.7 Å². The Morgan fingerprint density at radius 1 is 1.39 bits per heavy atom. The van der Waals surface area contributed by atoms with Crippen molar-refractivity contribution in [1.29, 1.82) is 0 Å². The lowest BCUT2D eigenvalue weighted by atomic mass is 10.2. The van der Waals surface area contributed by atoms with Crippen molar-refractivity contribution in [2.45, 2.75) is 27.3 Å².